The highest BCUT2D eigenvalue weighted by molar-refractivity contribution is 6.31. The van der Waals surface area contributed by atoms with Crippen LogP contribution in [0, 0.1) is 0 Å². The summed E-state index contributed by atoms with van der Waals surface area (Å²) in [5.74, 6) is -0.311. The maximum absolute atomic E-state index is 12.1. The molecule has 1 atom stereocenters. The molecule has 1 aromatic rings. The number of ether oxygens (including phenoxy) is 2. The Morgan fingerprint density at radius 1 is 1.37 bits per heavy atom. The van der Waals surface area contributed by atoms with Crippen molar-refractivity contribution >= 4 is 23.5 Å². The van der Waals surface area contributed by atoms with E-state index in [-0.39, 0.29) is 24.3 Å². The topological polar surface area (TPSA) is 64.6 Å². The Morgan fingerprint density at radius 2 is 2.05 bits per heavy atom. The Balaban J connectivity index is 2.77. The molecule has 5 nitrogen and oxygen atoms in total. The largest absolute Gasteiger partial charge is 0.496 e. The maximum atomic E-state index is 12.1. The molecule has 0 aliphatic heterocycles. The molecule has 0 fully saturated rings. The van der Waals surface area contributed by atoms with E-state index in [9.17, 15) is 9.59 Å². The minimum atomic E-state index is -0.383. The van der Waals surface area contributed by atoms with Gasteiger partial charge in [-0.3, -0.25) is 9.59 Å². The predicted molar refractivity (Wildman–Crippen MR) is 71.6 cm³/mol. The second kappa shape index (κ2) is 6.99. The van der Waals surface area contributed by atoms with Crippen molar-refractivity contribution in [2.75, 3.05) is 14.2 Å². The van der Waals surface area contributed by atoms with Crippen LogP contribution in [0.2, 0.25) is 5.02 Å². The quantitative estimate of drug-likeness (QED) is 0.841. The third-order valence-electron chi connectivity index (χ3n) is 2.48. The van der Waals surface area contributed by atoms with Crippen molar-refractivity contribution < 1.29 is 19.1 Å². The average Bonchev–Trinajstić information content (AvgIpc) is 2.38. The first-order valence-corrected chi connectivity index (χ1v) is 6.07. The summed E-state index contributed by atoms with van der Waals surface area (Å²) in [4.78, 5) is 23.2. The Kier molecular flexibility index (Phi) is 5.63. The normalized spacial score (nSPS) is 11.6. The summed E-state index contributed by atoms with van der Waals surface area (Å²) in [6.45, 7) is 1.71. The van der Waals surface area contributed by atoms with Gasteiger partial charge < -0.3 is 14.8 Å². The van der Waals surface area contributed by atoms with Crippen molar-refractivity contribution in [2.45, 2.75) is 19.4 Å². The predicted octanol–water partition coefficient (Wildman–Crippen LogP) is 2.03. The molecule has 1 rings (SSSR count). The molecule has 0 spiro atoms. The molecule has 0 aromatic heterocycles. The van der Waals surface area contributed by atoms with Gasteiger partial charge in [-0.2, -0.15) is 0 Å². The van der Waals surface area contributed by atoms with Crippen LogP contribution in [-0.4, -0.2) is 32.1 Å². The van der Waals surface area contributed by atoms with Gasteiger partial charge in [-0.1, -0.05) is 11.6 Å². The molecule has 0 heterocycles. The maximum Gasteiger partial charge on any atom is 0.307 e. The number of hydrogen-bond donors (Lipinski definition) is 1. The smallest absolute Gasteiger partial charge is 0.307 e. The molecule has 0 saturated heterocycles. The monoisotopic (exact) mass is 285 g/mol. The van der Waals surface area contributed by atoms with Crippen LogP contribution in [0.15, 0.2) is 18.2 Å². The first-order chi connectivity index (χ1) is 8.97. The van der Waals surface area contributed by atoms with Crippen LogP contribution in [0.4, 0.5) is 0 Å². The van der Waals surface area contributed by atoms with Crippen molar-refractivity contribution in [1.29, 1.82) is 0 Å². The number of rotatable bonds is 5. The van der Waals surface area contributed by atoms with E-state index >= 15 is 0 Å². The lowest BCUT2D eigenvalue weighted by Crippen LogP contribution is -2.34. The minimum absolute atomic E-state index is 0.102. The lowest BCUT2D eigenvalue weighted by atomic mass is 10.1. The van der Waals surface area contributed by atoms with E-state index in [1.54, 1.807) is 19.1 Å². The highest BCUT2D eigenvalue weighted by Gasteiger charge is 2.17. The number of halogens is 1. The van der Waals surface area contributed by atoms with Crippen LogP contribution >= 0.6 is 11.6 Å². The Labute approximate surface area is 116 Å². The molecule has 1 N–H and O–H groups in total. The molecule has 0 radical (unpaired) electrons. The minimum Gasteiger partial charge on any atom is -0.496 e. The summed E-state index contributed by atoms with van der Waals surface area (Å²) in [6.07, 6.45) is 0.102. The Morgan fingerprint density at radius 3 is 2.63 bits per heavy atom. The number of amides is 1. The number of nitrogens with one attached hydrogen (secondary N) is 1. The van der Waals surface area contributed by atoms with E-state index in [0.29, 0.717) is 16.3 Å². The molecular formula is C13H16ClNO4. The van der Waals surface area contributed by atoms with Crippen molar-refractivity contribution in [3.8, 4) is 5.75 Å². The summed E-state index contributed by atoms with van der Waals surface area (Å²) in [6, 6.07) is 4.42. The first kappa shape index (κ1) is 15.3. The third kappa shape index (κ3) is 4.44. The first-order valence-electron chi connectivity index (χ1n) is 5.69. The molecule has 19 heavy (non-hydrogen) atoms. The van der Waals surface area contributed by atoms with Gasteiger partial charge in [0.05, 0.1) is 26.2 Å². The van der Waals surface area contributed by atoms with Crippen molar-refractivity contribution in [3.63, 3.8) is 0 Å². The molecular weight excluding hydrogens is 270 g/mol. The summed E-state index contributed by atoms with van der Waals surface area (Å²) < 4.78 is 9.63. The standard InChI is InChI=1S/C13H16ClNO4/c1-8(6-12(16)19-3)15-13(17)10-7-9(14)4-5-11(10)18-2/h4-5,7-8H,6H2,1-3H3,(H,15,17). The highest BCUT2D eigenvalue weighted by atomic mass is 35.5. The van der Waals surface area contributed by atoms with Gasteiger partial charge in [0.15, 0.2) is 0 Å². The Bertz CT molecular complexity index is 476. The summed E-state index contributed by atoms with van der Waals surface area (Å²) in [5, 5.41) is 3.12. The van der Waals surface area contributed by atoms with E-state index in [1.807, 2.05) is 0 Å². The van der Waals surface area contributed by atoms with Crippen LogP contribution in [0.5, 0.6) is 5.75 Å². The van der Waals surface area contributed by atoms with Gasteiger partial charge in [0.25, 0.3) is 5.91 Å². The van der Waals surface area contributed by atoms with Crippen molar-refractivity contribution in [2.24, 2.45) is 0 Å². The number of hydrogen-bond acceptors (Lipinski definition) is 4. The van der Waals surface area contributed by atoms with Gasteiger partial charge in [0, 0.05) is 11.1 Å². The lowest BCUT2D eigenvalue weighted by Gasteiger charge is -2.14. The van der Waals surface area contributed by atoms with Gasteiger partial charge in [0.2, 0.25) is 0 Å². The summed E-state index contributed by atoms with van der Waals surface area (Å²) >= 11 is 5.85. The number of carbonyl (C=O) groups is 2. The molecule has 1 unspecified atom stereocenters. The van der Waals surface area contributed by atoms with E-state index in [0.717, 1.165) is 0 Å². The van der Waals surface area contributed by atoms with Gasteiger partial charge in [-0.05, 0) is 25.1 Å². The second-order valence-corrected chi connectivity index (χ2v) is 4.44. The SMILES string of the molecule is COC(=O)CC(C)NC(=O)c1cc(Cl)ccc1OC. The molecule has 0 aliphatic carbocycles. The molecule has 1 aromatic carbocycles. The van der Waals surface area contributed by atoms with E-state index in [1.165, 1.54) is 20.3 Å². The zero-order valence-corrected chi connectivity index (χ0v) is 11.8. The lowest BCUT2D eigenvalue weighted by molar-refractivity contribution is -0.141. The van der Waals surface area contributed by atoms with Crippen LogP contribution in [0.1, 0.15) is 23.7 Å². The fourth-order valence-electron chi connectivity index (χ4n) is 1.54. The number of benzene rings is 1. The summed E-state index contributed by atoms with van der Waals surface area (Å²) in [7, 11) is 2.77. The number of methoxy groups -OCH3 is 2. The van der Waals surface area contributed by atoms with Gasteiger partial charge in [-0.25, -0.2) is 0 Å². The molecule has 0 bridgehead atoms. The molecule has 0 saturated carbocycles. The fourth-order valence-corrected chi connectivity index (χ4v) is 1.72. The zero-order chi connectivity index (χ0) is 14.4. The van der Waals surface area contributed by atoms with Crippen molar-refractivity contribution in [3.05, 3.63) is 28.8 Å². The second-order valence-electron chi connectivity index (χ2n) is 4.00. The van der Waals surface area contributed by atoms with Crippen molar-refractivity contribution in [1.82, 2.24) is 5.32 Å². The average molecular weight is 286 g/mol. The van der Waals surface area contributed by atoms with Crippen LogP contribution in [0.3, 0.4) is 0 Å². The van der Waals surface area contributed by atoms with E-state index < -0.39 is 0 Å². The van der Waals surface area contributed by atoms with Gasteiger partial charge >= 0.3 is 5.97 Å². The number of esters is 1. The van der Waals surface area contributed by atoms with Gasteiger partial charge in [0.1, 0.15) is 5.75 Å². The van der Waals surface area contributed by atoms with Crippen LogP contribution in [-0.2, 0) is 9.53 Å². The molecule has 6 heteroatoms. The Hall–Kier alpha value is -1.75. The van der Waals surface area contributed by atoms with E-state index in [2.05, 4.69) is 10.1 Å². The molecule has 104 valence electrons. The van der Waals surface area contributed by atoms with Crippen LogP contribution < -0.4 is 10.1 Å². The third-order valence-corrected chi connectivity index (χ3v) is 2.72. The zero-order valence-electron chi connectivity index (χ0n) is 11.0. The number of carbonyl (C=O) groups excluding carboxylic acids is 2. The fraction of sp³-hybridized carbons (Fsp3) is 0.385. The van der Waals surface area contributed by atoms with Gasteiger partial charge in [-0.15, -0.1) is 0 Å². The van der Waals surface area contributed by atoms with E-state index in [4.69, 9.17) is 16.3 Å². The summed E-state index contributed by atoms with van der Waals surface area (Å²) in [5.41, 5.74) is 0.326. The molecule has 0 aliphatic rings. The highest BCUT2D eigenvalue weighted by Crippen LogP contribution is 2.22. The van der Waals surface area contributed by atoms with Crippen LogP contribution in [0.25, 0.3) is 0 Å². The molecule has 1 amide bonds.